The van der Waals surface area contributed by atoms with E-state index in [1.165, 1.54) is 11.1 Å². The molecule has 16 heavy (non-hydrogen) atoms. The normalized spacial score (nSPS) is 22.8. The molecule has 1 aromatic rings. The Labute approximate surface area is 98.8 Å². The predicted octanol–water partition coefficient (Wildman–Crippen LogP) is 4.26. The number of hydrogen-bond acceptors (Lipinski definition) is 1. The van der Waals surface area contributed by atoms with Crippen molar-refractivity contribution >= 4 is 0 Å². The van der Waals surface area contributed by atoms with Gasteiger partial charge in [-0.1, -0.05) is 45.9 Å². The fraction of sp³-hybridized carbons (Fsp3) is 0.600. The van der Waals surface area contributed by atoms with Crippen molar-refractivity contribution in [3.05, 3.63) is 29.3 Å². The number of ether oxygens (including phenoxy) is 1. The van der Waals surface area contributed by atoms with Gasteiger partial charge in [0.2, 0.25) is 0 Å². The summed E-state index contributed by atoms with van der Waals surface area (Å²) in [6, 6.07) is 6.54. The van der Waals surface area contributed by atoms with Crippen molar-refractivity contribution in [2.24, 2.45) is 0 Å². The first-order chi connectivity index (χ1) is 7.23. The van der Waals surface area contributed by atoms with E-state index in [-0.39, 0.29) is 11.0 Å². The Kier molecular flexibility index (Phi) is 2.34. The second-order valence-electron chi connectivity index (χ2n) is 6.40. The maximum atomic E-state index is 6.16. The average molecular weight is 218 g/mol. The Morgan fingerprint density at radius 1 is 1.19 bits per heavy atom. The zero-order chi connectivity index (χ0) is 12.1. The summed E-state index contributed by atoms with van der Waals surface area (Å²) in [7, 11) is 0. The van der Waals surface area contributed by atoms with E-state index >= 15 is 0 Å². The third kappa shape index (κ3) is 1.63. The minimum atomic E-state index is -0.0797. The van der Waals surface area contributed by atoms with E-state index in [0.29, 0.717) is 5.92 Å². The summed E-state index contributed by atoms with van der Waals surface area (Å²) in [5.74, 6) is 1.58. The molecule has 0 spiro atoms. The Morgan fingerprint density at radius 3 is 2.38 bits per heavy atom. The molecule has 1 heterocycles. The molecule has 0 bridgehead atoms. The largest absolute Gasteiger partial charge is 0.487 e. The van der Waals surface area contributed by atoms with Crippen LogP contribution in [0.4, 0.5) is 0 Å². The summed E-state index contributed by atoms with van der Waals surface area (Å²) in [6.07, 6.45) is 0. The third-order valence-corrected chi connectivity index (χ3v) is 3.73. The molecule has 1 atom stereocenters. The van der Waals surface area contributed by atoms with Crippen LogP contribution in [0.1, 0.15) is 58.6 Å². The Morgan fingerprint density at radius 2 is 1.81 bits per heavy atom. The molecule has 0 fully saturated rings. The second-order valence-corrected chi connectivity index (χ2v) is 6.40. The third-order valence-electron chi connectivity index (χ3n) is 3.73. The van der Waals surface area contributed by atoms with Crippen LogP contribution in [0.25, 0.3) is 0 Å². The predicted molar refractivity (Wildman–Crippen MR) is 68.3 cm³/mol. The van der Waals surface area contributed by atoms with Crippen molar-refractivity contribution in [3.8, 4) is 5.75 Å². The Bertz CT molecular complexity index is 410. The van der Waals surface area contributed by atoms with E-state index in [1.54, 1.807) is 0 Å². The molecule has 88 valence electrons. The van der Waals surface area contributed by atoms with Gasteiger partial charge in [-0.2, -0.15) is 0 Å². The molecule has 0 N–H and O–H groups in total. The maximum Gasteiger partial charge on any atom is 0.127 e. The topological polar surface area (TPSA) is 9.23 Å². The van der Waals surface area contributed by atoms with Gasteiger partial charge in [0, 0.05) is 11.5 Å². The van der Waals surface area contributed by atoms with E-state index in [4.69, 9.17) is 4.74 Å². The van der Waals surface area contributed by atoms with Crippen LogP contribution in [0.3, 0.4) is 0 Å². The lowest BCUT2D eigenvalue weighted by Gasteiger charge is -2.25. The molecule has 2 rings (SSSR count). The molecule has 1 unspecified atom stereocenters. The summed E-state index contributed by atoms with van der Waals surface area (Å²) >= 11 is 0. The molecule has 1 aliphatic heterocycles. The van der Waals surface area contributed by atoms with Gasteiger partial charge < -0.3 is 4.74 Å². The lowest BCUT2D eigenvalue weighted by atomic mass is 9.83. The molecule has 0 amide bonds. The second kappa shape index (κ2) is 3.26. The fourth-order valence-corrected chi connectivity index (χ4v) is 2.33. The summed E-state index contributed by atoms with van der Waals surface area (Å²) in [4.78, 5) is 0. The van der Waals surface area contributed by atoms with Crippen LogP contribution >= 0.6 is 0 Å². The van der Waals surface area contributed by atoms with Crippen molar-refractivity contribution in [2.45, 2.75) is 58.5 Å². The number of para-hydroxylation sites is 1. The minimum Gasteiger partial charge on any atom is -0.487 e. The summed E-state index contributed by atoms with van der Waals surface area (Å²) in [5.41, 5.74) is 2.75. The van der Waals surface area contributed by atoms with Crippen molar-refractivity contribution in [3.63, 3.8) is 0 Å². The molecule has 0 radical (unpaired) electrons. The van der Waals surface area contributed by atoms with Gasteiger partial charge in [-0.25, -0.2) is 0 Å². The monoisotopic (exact) mass is 218 g/mol. The fourth-order valence-electron chi connectivity index (χ4n) is 2.33. The highest BCUT2D eigenvalue weighted by Gasteiger charge is 2.40. The van der Waals surface area contributed by atoms with Crippen molar-refractivity contribution in [1.82, 2.24) is 0 Å². The molecule has 1 aromatic carbocycles. The van der Waals surface area contributed by atoms with Gasteiger partial charge in [0.05, 0.1) is 0 Å². The molecule has 1 nitrogen and oxygen atoms in total. The van der Waals surface area contributed by atoms with Crippen molar-refractivity contribution in [2.75, 3.05) is 0 Å². The van der Waals surface area contributed by atoms with E-state index < -0.39 is 0 Å². The standard InChI is InChI=1S/C15H22O/c1-10-11-8-7-9-12(14(2,3)4)13(11)16-15(10,5)6/h7-10H,1-6H3. The smallest absolute Gasteiger partial charge is 0.127 e. The average Bonchev–Trinajstić information content (AvgIpc) is 2.36. The van der Waals surface area contributed by atoms with Crippen molar-refractivity contribution in [1.29, 1.82) is 0 Å². The first-order valence-electron chi connectivity index (χ1n) is 6.06. The molecule has 0 aromatic heterocycles. The van der Waals surface area contributed by atoms with Crippen LogP contribution in [0.2, 0.25) is 0 Å². The highest BCUT2D eigenvalue weighted by molar-refractivity contribution is 5.50. The highest BCUT2D eigenvalue weighted by Crippen LogP contribution is 2.48. The minimum absolute atomic E-state index is 0.0797. The van der Waals surface area contributed by atoms with Crippen LogP contribution in [0.15, 0.2) is 18.2 Å². The van der Waals surface area contributed by atoms with E-state index in [9.17, 15) is 0 Å². The molecule has 0 saturated heterocycles. The van der Waals surface area contributed by atoms with Gasteiger partial charge in [-0.15, -0.1) is 0 Å². The summed E-state index contributed by atoms with van der Waals surface area (Å²) < 4.78 is 6.16. The molecule has 0 saturated carbocycles. The van der Waals surface area contributed by atoms with Gasteiger partial charge in [-0.05, 0) is 24.8 Å². The van der Waals surface area contributed by atoms with Crippen LogP contribution in [-0.4, -0.2) is 5.60 Å². The summed E-state index contributed by atoms with van der Waals surface area (Å²) in [6.45, 7) is 13.3. The highest BCUT2D eigenvalue weighted by atomic mass is 16.5. The van der Waals surface area contributed by atoms with Gasteiger partial charge in [-0.3, -0.25) is 0 Å². The Balaban J connectivity index is 2.58. The molecular weight excluding hydrogens is 196 g/mol. The number of rotatable bonds is 0. The summed E-state index contributed by atoms with van der Waals surface area (Å²) in [5, 5.41) is 0. The molecular formula is C15H22O. The van der Waals surface area contributed by atoms with E-state index in [2.05, 4.69) is 59.7 Å². The van der Waals surface area contributed by atoms with Gasteiger partial charge >= 0.3 is 0 Å². The van der Waals surface area contributed by atoms with Crippen LogP contribution in [-0.2, 0) is 5.41 Å². The number of fused-ring (bicyclic) bond motifs is 1. The Hall–Kier alpha value is -0.980. The first kappa shape index (κ1) is 11.5. The lowest BCUT2D eigenvalue weighted by Crippen LogP contribution is -2.28. The first-order valence-corrected chi connectivity index (χ1v) is 6.06. The molecule has 0 aliphatic carbocycles. The van der Waals surface area contributed by atoms with Crippen LogP contribution < -0.4 is 4.74 Å². The van der Waals surface area contributed by atoms with E-state index in [0.717, 1.165) is 5.75 Å². The SMILES string of the molecule is CC1c2cccc(C(C)(C)C)c2OC1(C)C. The van der Waals surface area contributed by atoms with Gasteiger partial charge in [0.25, 0.3) is 0 Å². The number of benzene rings is 1. The zero-order valence-corrected chi connectivity index (χ0v) is 11.2. The molecule has 1 aliphatic rings. The van der Waals surface area contributed by atoms with Crippen LogP contribution in [0.5, 0.6) is 5.75 Å². The van der Waals surface area contributed by atoms with Crippen molar-refractivity contribution < 1.29 is 4.74 Å². The van der Waals surface area contributed by atoms with Gasteiger partial charge in [0.15, 0.2) is 0 Å². The zero-order valence-electron chi connectivity index (χ0n) is 11.2. The van der Waals surface area contributed by atoms with Crippen LogP contribution in [0, 0.1) is 0 Å². The maximum absolute atomic E-state index is 6.16. The lowest BCUT2D eigenvalue weighted by molar-refractivity contribution is 0.113. The number of hydrogen-bond donors (Lipinski definition) is 0. The van der Waals surface area contributed by atoms with Gasteiger partial charge in [0.1, 0.15) is 11.4 Å². The quantitative estimate of drug-likeness (QED) is 0.632. The molecule has 1 heteroatoms. The van der Waals surface area contributed by atoms with E-state index in [1.807, 2.05) is 0 Å².